The molecule has 2 aromatic carbocycles. The molecule has 3 heterocycles. The molecule has 1 fully saturated rings. The van der Waals surface area contributed by atoms with Crippen molar-refractivity contribution in [3.05, 3.63) is 101 Å². The van der Waals surface area contributed by atoms with Gasteiger partial charge in [0, 0.05) is 30.9 Å². The van der Waals surface area contributed by atoms with E-state index in [0.717, 1.165) is 12.1 Å². The number of halogens is 6. The molecule has 4 aromatic rings. The SMILES string of the molecule is O=C(Cn1nc(C(F)F)cc1C(F)F)NC(Cc1cc(F)cc(F)c1)c1ncccc1-c1ccc(S(=O)(=O)N2CCOCC2)cc1. The van der Waals surface area contributed by atoms with Gasteiger partial charge in [-0.1, -0.05) is 18.2 Å². The lowest BCUT2D eigenvalue weighted by molar-refractivity contribution is -0.122. The second kappa shape index (κ2) is 14.0. The third-order valence-electron chi connectivity index (χ3n) is 7.21. The third kappa shape index (κ3) is 7.57. The summed E-state index contributed by atoms with van der Waals surface area (Å²) >= 11 is 0. The van der Waals surface area contributed by atoms with E-state index < -0.39 is 64.4 Å². The Morgan fingerprint density at radius 1 is 0.935 bits per heavy atom. The molecule has 0 radical (unpaired) electrons. The Hall–Kier alpha value is -4.28. The van der Waals surface area contributed by atoms with Gasteiger partial charge < -0.3 is 10.1 Å². The summed E-state index contributed by atoms with van der Waals surface area (Å²) in [5.41, 5.74) is -0.582. The molecule has 0 bridgehead atoms. The number of hydrogen-bond acceptors (Lipinski definition) is 6. The van der Waals surface area contributed by atoms with Crippen molar-refractivity contribution in [1.29, 1.82) is 0 Å². The number of amides is 1. The van der Waals surface area contributed by atoms with Crippen molar-refractivity contribution in [3.8, 4) is 11.1 Å². The van der Waals surface area contributed by atoms with Gasteiger partial charge in [0.15, 0.2) is 0 Å². The standard InChI is InChI=1S/C30H27F6N5O4S/c31-20-12-18(13-21(32)15-20)14-24(38-27(42)17-41-26(30(35)36)16-25(39-41)29(33)34)28-23(2-1-7-37-28)19-3-5-22(6-4-19)46(43,44)40-8-10-45-11-9-40/h1-7,12-13,15-16,24,29-30H,8-11,14,17H2,(H,38,42). The number of nitrogens with zero attached hydrogens (tertiary/aromatic N) is 4. The van der Waals surface area contributed by atoms with E-state index in [1.807, 2.05) is 0 Å². The number of nitrogens with one attached hydrogen (secondary N) is 1. The van der Waals surface area contributed by atoms with Gasteiger partial charge in [-0.05, 0) is 53.9 Å². The number of aromatic nitrogens is 3. The van der Waals surface area contributed by atoms with E-state index in [1.54, 1.807) is 24.3 Å². The van der Waals surface area contributed by atoms with Crippen LogP contribution in [0.1, 0.15) is 41.5 Å². The van der Waals surface area contributed by atoms with Crippen molar-refractivity contribution in [2.45, 2.75) is 36.8 Å². The van der Waals surface area contributed by atoms with E-state index in [9.17, 15) is 39.6 Å². The topological polar surface area (TPSA) is 106 Å². The Balaban J connectivity index is 1.47. The van der Waals surface area contributed by atoms with Crippen LogP contribution in [0.2, 0.25) is 0 Å². The van der Waals surface area contributed by atoms with Crippen molar-refractivity contribution in [3.63, 3.8) is 0 Å². The van der Waals surface area contributed by atoms with E-state index in [-0.39, 0.29) is 48.9 Å². The summed E-state index contributed by atoms with van der Waals surface area (Å²) in [6.07, 6.45) is -5.16. The van der Waals surface area contributed by atoms with E-state index >= 15 is 0 Å². The summed E-state index contributed by atoms with van der Waals surface area (Å²) < 4.78 is 115. The molecule has 1 saturated heterocycles. The first-order valence-corrected chi connectivity index (χ1v) is 15.4. The number of benzene rings is 2. The lowest BCUT2D eigenvalue weighted by Gasteiger charge is -2.26. The minimum atomic E-state index is -3.79. The molecule has 0 saturated carbocycles. The van der Waals surface area contributed by atoms with Gasteiger partial charge in [0.2, 0.25) is 15.9 Å². The number of rotatable bonds is 11. The number of pyridine rings is 1. The molecule has 16 heteroatoms. The van der Waals surface area contributed by atoms with Gasteiger partial charge in [-0.15, -0.1) is 0 Å². The average molecular weight is 668 g/mol. The predicted molar refractivity (Wildman–Crippen MR) is 152 cm³/mol. The van der Waals surface area contributed by atoms with Gasteiger partial charge in [-0.3, -0.25) is 14.5 Å². The molecule has 1 unspecified atom stereocenters. The molecule has 9 nitrogen and oxygen atoms in total. The number of carbonyl (C=O) groups is 1. The minimum Gasteiger partial charge on any atom is -0.379 e. The van der Waals surface area contributed by atoms with E-state index in [1.165, 1.54) is 22.6 Å². The predicted octanol–water partition coefficient (Wildman–Crippen LogP) is 5.22. The molecule has 46 heavy (non-hydrogen) atoms. The Morgan fingerprint density at radius 3 is 2.24 bits per heavy atom. The van der Waals surface area contributed by atoms with Crippen molar-refractivity contribution < 1.29 is 44.3 Å². The van der Waals surface area contributed by atoms with Gasteiger partial charge in [0.25, 0.3) is 12.9 Å². The van der Waals surface area contributed by atoms with Crippen LogP contribution in [-0.4, -0.2) is 59.7 Å². The Morgan fingerprint density at radius 2 is 1.61 bits per heavy atom. The second-order valence-electron chi connectivity index (χ2n) is 10.3. The van der Waals surface area contributed by atoms with Crippen LogP contribution >= 0.6 is 0 Å². The first-order chi connectivity index (χ1) is 21.9. The van der Waals surface area contributed by atoms with Crippen LogP contribution in [0.25, 0.3) is 11.1 Å². The fraction of sp³-hybridized carbons (Fsp3) is 0.300. The summed E-state index contributed by atoms with van der Waals surface area (Å²) in [5.74, 6) is -2.68. The molecule has 1 atom stereocenters. The summed E-state index contributed by atoms with van der Waals surface area (Å²) in [5, 5.41) is 6.05. The molecule has 1 N–H and O–H groups in total. The highest BCUT2D eigenvalue weighted by molar-refractivity contribution is 7.89. The molecular weight excluding hydrogens is 640 g/mol. The Bertz CT molecular complexity index is 1780. The van der Waals surface area contributed by atoms with Crippen LogP contribution in [0, 0.1) is 11.6 Å². The van der Waals surface area contributed by atoms with Crippen LogP contribution in [0.5, 0.6) is 0 Å². The molecule has 5 rings (SSSR count). The summed E-state index contributed by atoms with van der Waals surface area (Å²) in [4.78, 5) is 17.6. The number of ether oxygens (including phenoxy) is 1. The number of carbonyl (C=O) groups excluding carboxylic acids is 1. The fourth-order valence-corrected chi connectivity index (χ4v) is 6.51. The second-order valence-corrected chi connectivity index (χ2v) is 12.3. The van der Waals surface area contributed by atoms with Crippen molar-refractivity contribution in [1.82, 2.24) is 24.4 Å². The zero-order valence-corrected chi connectivity index (χ0v) is 24.7. The van der Waals surface area contributed by atoms with Gasteiger partial charge in [0.1, 0.15) is 29.6 Å². The monoisotopic (exact) mass is 667 g/mol. The molecule has 0 aliphatic carbocycles. The van der Waals surface area contributed by atoms with Gasteiger partial charge in [-0.25, -0.2) is 34.8 Å². The van der Waals surface area contributed by atoms with Crippen molar-refractivity contribution in [2.24, 2.45) is 0 Å². The molecular formula is C30H27F6N5O4S. The van der Waals surface area contributed by atoms with Gasteiger partial charge in [0.05, 0.1) is 29.8 Å². The zero-order valence-electron chi connectivity index (χ0n) is 23.9. The minimum absolute atomic E-state index is 0.0425. The highest BCUT2D eigenvalue weighted by Gasteiger charge is 2.28. The van der Waals surface area contributed by atoms with E-state index in [4.69, 9.17) is 4.74 Å². The van der Waals surface area contributed by atoms with E-state index in [0.29, 0.717) is 27.9 Å². The van der Waals surface area contributed by atoms with E-state index in [2.05, 4.69) is 15.4 Å². The first-order valence-electron chi connectivity index (χ1n) is 13.9. The van der Waals surface area contributed by atoms with Crippen LogP contribution in [0.4, 0.5) is 26.3 Å². The Labute approximate surface area is 259 Å². The van der Waals surface area contributed by atoms with Crippen molar-refractivity contribution >= 4 is 15.9 Å². The average Bonchev–Trinajstić information content (AvgIpc) is 3.45. The lowest BCUT2D eigenvalue weighted by atomic mass is 9.95. The highest BCUT2D eigenvalue weighted by atomic mass is 32.2. The number of hydrogen-bond donors (Lipinski definition) is 1. The summed E-state index contributed by atoms with van der Waals surface area (Å²) in [6, 6.07) is 11.3. The number of morpholine rings is 1. The van der Waals surface area contributed by atoms with Gasteiger partial charge in [-0.2, -0.15) is 9.40 Å². The molecule has 1 aliphatic heterocycles. The zero-order chi connectivity index (χ0) is 33.0. The van der Waals surface area contributed by atoms with Crippen LogP contribution in [0.3, 0.4) is 0 Å². The molecule has 1 aliphatic rings. The fourth-order valence-electron chi connectivity index (χ4n) is 5.10. The summed E-state index contributed by atoms with van der Waals surface area (Å²) in [7, 11) is -3.79. The summed E-state index contributed by atoms with van der Waals surface area (Å²) in [6.45, 7) is 0.0991. The quantitative estimate of drug-likeness (QED) is 0.220. The largest absolute Gasteiger partial charge is 0.379 e. The first kappa shape index (κ1) is 33.1. The maximum atomic E-state index is 14.1. The number of alkyl halides is 4. The normalized spacial score (nSPS) is 15.0. The van der Waals surface area contributed by atoms with Crippen LogP contribution in [-0.2, 0) is 32.5 Å². The maximum Gasteiger partial charge on any atom is 0.282 e. The lowest BCUT2D eigenvalue weighted by Crippen LogP contribution is -2.40. The van der Waals surface area contributed by atoms with Crippen molar-refractivity contribution in [2.75, 3.05) is 26.3 Å². The third-order valence-corrected chi connectivity index (χ3v) is 9.12. The number of sulfonamides is 1. The maximum absolute atomic E-state index is 14.1. The smallest absolute Gasteiger partial charge is 0.282 e. The van der Waals surface area contributed by atoms with Gasteiger partial charge >= 0.3 is 0 Å². The highest BCUT2D eigenvalue weighted by Crippen LogP contribution is 2.31. The molecule has 0 spiro atoms. The van der Waals surface area contributed by atoms with Crippen LogP contribution < -0.4 is 5.32 Å². The van der Waals surface area contributed by atoms with Crippen LogP contribution in [0.15, 0.2) is 71.8 Å². The molecule has 2 aromatic heterocycles. The Kier molecular flexibility index (Phi) is 10.1. The molecule has 1 amide bonds. The molecule has 244 valence electrons.